The van der Waals surface area contributed by atoms with Gasteiger partial charge in [-0.15, -0.1) is 0 Å². The summed E-state index contributed by atoms with van der Waals surface area (Å²) in [7, 11) is 0. The summed E-state index contributed by atoms with van der Waals surface area (Å²) in [6, 6.07) is 10.9. The van der Waals surface area contributed by atoms with E-state index in [2.05, 4.69) is 5.32 Å². The smallest absolute Gasteiger partial charge is 0.344 e. The van der Waals surface area contributed by atoms with E-state index in [1.165, 1.54) is 25.1 Å². The molecule has 2 aromatic carbocycles. The Morgan fingerprint density at radius 2 is 1.88 bits per heavy atom. The quantitative estimate of drug-likeness (QED) is 0.815. The van der Waals surface area contributed by atoms with E-state index >= 15 is 0 Å². The molecule has 132 valence electrons. The fourth-order valence-electron chi connectivity index (χ4n) is 2.04. The number of hydrogen-bond donors (Lipinski definition) is 1. The van der Waals surface area contributed by atoms with Crippen molar-refractivity contribution in [3.63, 3.8) is 0 Å². The maximum atomic E-state index is 13.1. The van der Waals surface area contributed by atoms with Crippen LogP contribution in [-0.4, -0.2) is 24.6 Å². The lowest BCUT2D eigenvalue weighted by Gasteiger charge is -2.14. The van der Waals surface area contributed by atoms with Gasteiger partial charge in [-0.3, -0.25) is 4.79 Å². The Labute approximate surface area is 145 Å². The number of carbonyl (C=O) groups is 2. The third-order valence-corrected chi connectivity index (χ3v) is 3.60. The molecule has 0 aromatic heterocycles. The molecule has 0 aliphatic heterocycles. The van der Waals surface area contributed by atoms with Gasteiger partial charge in [0, 0.05) is 5.69 Å². The SMILES string of the molecule is Cc1ccc(OCC(=O)OC(C)C(=O)Nc2cccc(F)c2)cc1C. The minimum absolute atomic E-state index is 0.291. The molecule has 2 rings (SSSR count). The maximum Gasteiger partial charge on any atom is 0.344 e. The largest absolute Gasteiger partial charge is 0.482 e. The number of amides is 1. The summed E-state index contributed by atoms with van der Waals surface area (Å²) in [6.07, 6.45) is -1.03. The van der Waals surface area contributed by atoms with Crippen molar-refractivity contribution in [1.29, 1.82) is 0 Å². The second-order valence-corrected chi connectivity index (χ2v) is 5.67. The van der Waals surface area contributed by atoms with E-state index in [0.29, 0.717) is 11.4 Å². The molecule has 0 spiro atoms. The summed E-state index contributed by atoms with van der Waals surface area (Å²) in [5.41, 5.74) is 2.46. The fourth-order valence-corrected chi connectivity index (χ4v) is 2.04. The van der Waals surface area contributed by atoms with E-state index in [9.17, 15) is 14.0 Å². The average molecular weight is 345 g/mol. The fraction of sp³-hybridized carbons (Fsp3) is 0.263. The Morgan fingerprint density at radius 3 is 2.56 bits per heavy atom. The van der Waals surface area contributed by atoms with Gasteiger partial charge in [0.05, 0.1) is 0 Å². The molecule has 6 heteroatoms. The molecule has 0 aliphatic carbocycles. The predicted molar refractivity (Wildman–Crippen MR) is 92.0 cm³/mol. The second-order valence-electron chi connectivity index (χ2n) is 5.67. The van der Waals surface area contributed by atoms with Crippen LogP contribution in [0.5, 0.6) is 5.75 Å². The molecule has 0 fully saturated rings. The van der Waals surface area contributed by atoms with Crippen LogP contribution in [0.2, 0.25) is 0 Å². The van der Waals surface area contributed by atoms with Gasteiger partial charge in [0.15, 0.2) is 12.7 Å². The summed E-state index contributed by atoms with van der Waals surface area (Å²) in [5.74, 6) is -1.13. The number of benzene rings is 2. The minimum atomic E-state index is -1.03. The van der Waals surface area contributed by atoms with Gasteiger partial charge in [-0.05, 0) is 62.2 Å². The zero-order chi connectivity index (χ0) is 18.4. The van der Waals surface area contributed by atoms with Gasteiger partial charge in [0.25, 0.3) is 5.91 Å². The molecule has 0 saturated heterocycles. The van der Waals surface area contributed by atoms with Crippen molar-refractivity contribution in [2.45, 2.75) is 26.9 Å². The van der Waals surface area contributed by atoms with Gasteiger partial charge >= 0.3 is 5.97 Å². The van der Waals surface area contributed by atoms with E-state index in [1.54, 1.807) is 12.1 Å². The van der Waals surface area contributed by atoms with Crippen LogP contribution in [0.1, 0.15) is 18.1 Å². The summed E-state index contributed by atoms with van der Waals surface area (Å²) in [5, 5.41) is 2.48. The number of esters is 1. The number of aryl methyl sites for hydroxylation is 2. The first-order chi connectivity index (χ1) is 11.8. The van der Waals surface area contributed by atoms with Gasteiger partial charge < -0.3 is 14.8 Å². The van der Waals surface area contributed by atoms with E-state index in [0.717, 1.165) is 11.1 Å². The van der Waals surface area contributed by atoms with Gasteiger partial charge in [-0.25, -0.2) is 9.18 Å². The van der Waals surface area contributed by atoms with Crippen molar-refractivity contribution in [1.82, 2.24) is 0 Å². The first-order valence-corrected chi connectivity index (χ1v) is 7.81. The van der Waals surface area contributed by atoms with Crippen LogP contribution in [0.25, 0.3) is 0 Å². The molecule has 2 aromatic rings. The summed E-state index contributed by atoms with van der Waals surface area (Å²) < 4.78 is 23.5. The molecule has 1 N–H and O–H groups in total. The van der Waals surface area contributed by atoms with Crippen LogP contribution in [0.3, 0.4) is 0 Å². The zero-order valence-electron chi connectivity index (χ0n) is 14.3. The van der Waals surface area contributed by atoms with Gasteiger partial charge in [0.2, 0.25) is 0 Å². The van der Waals surface area contributed by atoms with Crippen molar-refractivity contribution < 1.29 is 23.5 Å². The van der Waals surface area contributed by atoms with E-state index in [-0.39, 0.29) is 6.61 Å². The second kappa shape index (κ2) is 8.28. The van der Waals surface area contributed by atoms with Crippen LogP contribution >= 0.6 is 0 Å². The Balaban J connectivity index is 1.82. The molecule has 1 amide bonds. The Bertz CT molecular complexity index is 776. The summed E-state index contributed by atoms with van der Waals surface area (Å²) in [6.45, 7) is 5.05. The van der Waals surface area contributed by atoms with Crippen molar-refractivity contribution in [3.05, 3.63) is 59.4 Å². The number of ether oxygens (including phenoxy) is 2. The highest BCUT2D eigenvalue weighted by atomic mass is 19.1. The lowest BCUT2D eigenvalue weighted by molar-refractivity contribution is -0.155. The van der Waals surface area contributed by atoms with E-state index in [1.807, 2.05) is 26.0 Å². The molecule has 25 heavy (non-hydrogen) atoms. The lowest BCUT2D eigenvalue weighted by atomic mass is 10.1. The number of halogens is 1. The molecule has 0 bridgehead atoms. The third kappa shape index (κ3) is 5.60. The zero-order valence-corrected chi connectivity index (χ0v) is 14.3. The maximum absolute atomic E-state index is 13.1. The lowest BCUT2D eigenvalue weighted by Crippen LogP contribution is -2.31. The summed E-state index contributed by atoms with van der Waals surface area (Å²) >= 11 is 0. The molecule has 0 saturated carbocycles. The molecule has 1 atom stereocenters. The highest BCUT2D eigenvalue weighted by Crippen LogP contribution is 2.16. The normalized spacial score (nSPS) is 11.5. The van der Waals surface area contributed by atoms with Crippen LogP contribution in [0, 0.1) is 19.7 Å². The van der Waals surface area contributed by atoms with E-state index in [4.69, 9.17) is 9.47 Å². The van der Waals surface area contributed by atoms with Crippen molar-refractivity contribution in [3.8, 4) is 5.75 Å². The topological polar surface area (TPSA) is 64.6 Å². The highest BCUT2D eigenvalue weighted by Gasteiger charge is 2.18. The number of rotatable bonds is 6. The predicted octanol–water partition coefficient (Wildman–Crippen LogP) is 3.39. The van der Waals surface area contributed by atoms with Crippen LogP contribution < -0.4 is 10.1 Å². The van der Waals surface area contributed by atoms with Crippen molar-refractivity contribution >= 4 is 17.6 Å². The van der Waals surface area contributed by atoms with Crippen molar-refractivity contribution in [2.24, 2.45) is 0 Å². The average Bonchev–Trinajstić information content (AvgIpc) is 2.56. The first kappa shape index (κ1) is 18.4. The monoisotopic (exact) mass is 345 g/mol. The Hall–Kier alpha value is -2.89. The minimum Gasteiger partial charge on any atom is -0.482 e. The molecule has 0 heterocycles. The molecule has 1 unspecified atom stereocenters. The molecular weight excluding hydrogens is 325 g/mol. The van der Waals surface area contributed by atoms with Crippen LogP contribution in [0.4, 0.5) is 10.1 Å². The van der Waals surface area contributed by atoms with E-state index < -0.39 is 23.8 Å². The highest BCUT2D eigenvalue weighted by molar-refractivity contribution is 5.95. The van der Waals surface area contributed by atoms with Gasteiger partial charge in [0.1, 0.15) is 11.6 Å². The number of carbonyl (C=O) groups excluding carboxylic acids is 2. The van der Waals surface area contributed by atoms with Crippen molar-refractivity contribution in [2.75, 3.05) is 11.9 Å². The first-order valence-electron chi connectivity index (χ1n) is 7.81. The van der Waals surface area contributed by atoms with Gasteiger partial charge in [-0.2, -0.15) is 0 Å². The molecular formula is C19H20FNO4. The number of hydrogen-bond acceptors (Lipinski definition) is 4. The third-order valence-electron chi connectivity index (χ3n) is 3.60. The van der Waals surface area contributed by atoms with Crippen LogP contribution in [-0.2, 0) is 14.3 Å². The number of anilines is 1. The summed E-state index contributed by atoms with van der Waals surface area (Å²) in [4.78, 5) is 23.8. The Kier molecular flexibility index (Phi) is 6.11. The Morgan fingerprint density at radius 1 is 1.12 bits per heavy atom. The molecule has 5 nitrogen and oxygen atoms in total. The standard InChI is InChI=1S/C19H20FNO4/c1-12-7-8-17(9-13(12)2)24-11-18(22)25-14(3)19(23)21-16-6-4-5-15(20)10-16/h4-10,14H,11H2,1-3H3,(H,21,23). The molecule has 0 radical (unpaired) electrons. The number of nitrogens with one attached hydrogen (secondary N) is 1. The van der Waals surface area contributed by atoms with Crippen LogP contribution in [0.15, 0.2) is 42.5 Å². The molecule has 0 aliphatic rings. The van der Waals surface area contributed by atoms with Gasteiger partial charge in [-0.1, -0.05) is 12.1 Å².